The molecule has 1 aliphatic carbocycles. The molecule has 3 atom stereocenters. The number of hydrogen-bond donors (Lipinski definition) is 1. The highest BCUT2D eigenvalue weighted by atomic mass is 32.2. The highest BCUT2D eigenvalue weighted by Gasteiger charge is 2.33. The molecule has 0 aromatic rings. The SMILES string of the molecule is CCC(C)SC1CCCC1C(=O)O. The van der Waals surface area contributed by atoms with Crippen LogP contribution in [0.4, 0.5) is 0 Å². The number of rotatable bonds is 4. The van der Waals surface area contributed by atoms with E-state index in [1.807, 2.05) is 11.8 Å². The molecule has 0 amide bonds. The Bertz CT molecular complexity index is 182. The minimum atomic E-state index is -0.599. The number of hydrogen-bond acceptors (Lipinski definition) is 2. The van der Waals surface area contributed by atoms with Gasteiger partial charge in [-0.25, -0.2) is 0 Å². The average Bonchev–Trinajstić information content (AvgIpc) is 2.52. The fraction of sp³-hybridized carbons (Fsp3) is 0.900. The topological polar surface area (TPSA) is 37.3 Å². The van der Waals surface area contributed by atoms with Gasteiger partial charge in [0, 0.05) is 10.5 Å². The minimum absolute atomic E-state index is 0.0843. The molecule has 0 aromatic heterocycles. The molecule has 0 saturated heterocycles. The fourth-order valence-electron chi connectivity index (χ4n) is 1.77. The molecule has 3 unspecified atom stereocenters. The van der Waals surface area contributed by atoms with E-state index in [0.29, 0.717) is 10.5 Å². The van der Waals surface area contributed by atoms with Crippen molar-refractivity contribution in [3.8, 4) is 0 Å². The van der Waals surface area contributed by atoms with E-state index in [0.717, 1.165) is 25.7 Å². The Balaban J connectivity index is 2.44. The smallest absolute Gasteiger partial charge is 0.307 e. The maximum atomic E-state index is 10.9. The Morgan fingerprint density at radius 2 is 2.31 bits per heavy atom. The van der Waals surface area contributed by atoms with Gasteiger partial charge in [0.2, 0.25) is 0 Å². The molecule has 1 rings (SSSR count). The third kappa shape index (κ3) is 2.90. The van der Waals surface area contributed by atoms with Crippen LogP contribution < -0.4 is 0 Å². The van der Waals surface area contributed by atoms with Crippen LogP contribution in [0, 0.1) is 5.92 Å². The summed E-state index contributed by atoms with van der Waals surface area (Å²) < 4.78 is 0. The van der Waals surface area contributed by atoms with Crippen LogP contribution in [0.5, 0.6) is 0 Å². The number of aliphatic carboxylic acids is 1. The summed E-state index contributed by atoms with van der Waals surface area (Å²) in [4.78, 5) is 10.9. The molecule has 0 aliphatic heterocycles. The van der Waals surface area contributed by atoms with Gasteiger partial charge in [0.1, 0.15) is 0 Å². The van der Waals surface area contributed by atoms with Gasteiger partial charge in [0.25, 0.3) is 0 Å². The lowest BCUT2D eigenvalue weighted by atomic mass is 10.1. The van der Waals surface area contributed by atoms with E-state index < -0.39 is 5.97 Å². The van der Waals surface area contributed by atoms with Crippen molar-refractivity contribution < 1.29 is 9.90 Å². The Morgan fingerprint density at radius 3 is 2.85 bits per heavy atom. The first-order valence-electron chi connectivity index (χ1n) is 5.03. The molecule has 0 bridgehead atoms. The molecular weight excluding hydrogens is 184 g/mol. The molecule has 1 aliphatic rings. The van der Waals surface area contributed by atoms with Gasteiger partial charge in [0.15, 0.2) is 0 Å². The third-order valence-corrected chi connectivity index (χ3v) is 4.46. The molecule has 3 heteroatoms. The molecule has 1 N–H and O–H groups in total. The number of thioether (sulfide) groups is 1. The van der Waals surface area contributed by atoms with Crippen LogP contribution in [0.1, 0.15) is 39.5 Å². The van der Waals surface area contributed by atoms with Gasteiger partial charge in [-0.2, -0.15) is 11.8 Å². The summed E-state index contributed by atoms with van der Waals surface area (Å²) in [6.07, 6.45) is 4.19. The Labute approximate surface area is 84.1 Å². The van der Waals surface area contributed by atoms with Crippen molar-refractivity contribution >= 4 is 17.7 Å². The molecule has 13 heavy (non-hydrogen) atoms. The number of carboxylic acid groups (broad SMARTS) is 1. The van der Waals surface area contributed by atoms with E-state index in [4.69, 9.17) is 5.11 Å². The summed E-state index contributed by atoms with van der Waals surface area (Å²) in [5.41, 5.74) is 0. The molecule has 0 spiro atoms. The maximum Gasteiger partial charge on any atom is 0.307 e. The van der Waals surface area contributed by atoms with Gasteiger partial charge in [-0.05, 0) is 19.3 Å². The third-order valence-electron chi connectivity index (χ3n) is 2.75. The van der Waals surface area contributed by atoms with Crippen LogP contribution in [-0.2, 0) is 4.79 Å². The predicted molar refractivity (Wildman–Crippen MR) is 56.1 cm³/mol. The van der Waals surface area contributed by atoms with Crippen LogP contribution in [0.15, 0.2) is 0 Å². The standard InChI is InChI=1S/C10H18O2S/c1-3-7(2)13-9-6-4-5-8(9)10(11)12/h7-9H,3-6H2,1-2H3,(H,11,12). The first kappa shape index (κ1) is 10.9. The monoisotopic (exact) mass is 202 g/mol. The van der Waals surface area contributed by atoms with Crippen molar-refractivity contribution in [3.05, 3.63) is 0 Å². The Hall–Kier alpha value is -0.180. The molecule has 1 saturated carbocycles. The van der Waals surface area contributed by atoms with Crippen molar-refractivity contribution in [2.24, 2.45) is 5.92 Å². The van der Waals surface area contributed by atoms with Gasteiger partial charge in [0.05, 0.1) is 5.92 Å². The van der Waals surface area contributed by atoms with Crippen LogP contribution >= 0.6 is 11.8 Å². The lowest BCUT2D eigenvalue weighted by Crippen LogP contribution is -2.21. The Morgan fingerprint density at radius 1 is 1.62 bits per heavy atom. The summed E-state index contributed by atoms with van der Waals surface area (Å²) in [5, 5.41) is 9.93. The van der Waals surface area contributed by atoms with E-state index in [-0.39, 0.29) is 5.92 Å². The summed E-state index contributed by atoms with van der Waals surface area (Å²) in [7, 11) is 0. The summed E-state index contributed by atoms with van der Waals surface area (Å²) >= 11 is 1.86. The quantitative estimate of drug-likeness (QED) is 0.761. The zero-order valence-electron chi connectivity index (χ0n) is 8.32. The normalized spacial score (nSPS) is 30.3. The second kappa shape index (κ2) is 4.89. The minimum Gasteiger partial charge on any atom is -0.481 e. The van der Waals surface area contributed by atoms with Gasteiger partial charge < -0.3 is 5.11 Å². The fourth-order valence-corrected chi connectivity index (χ4v) is 3.30. The zero-order chi connectivity index (χ0) is 9.84. The van der Waals surface area contributed by atoms with E-state index in [1.165, 1.54) is 0 Å². The molecule has 0 radical (unpaired) electrons. The van der Waals surface area contributed by atoms with E-state index in [2.05, 4.69) is 13.8 Å². The molecule has 2 nitrogen and oxygen atoms in total. The number of carbonyl (C=O) groups is 1. The second-order valence-corrected chi connectivity index (χ2v) is 5.45. The van der Waals surface area contributed by atoms with Gasteiger partial charge >= 0.3 is 5.97 Å². The van der Waals surface area contributed by atoms with Crippen LogP contribution in [0.2, 0.25) is 0 Å². The van der Waals surface area contributed by atoms with E-state index in [1.54, 1.807) is 0 Å². The van der Waals surface area contributed by atoms with Crippen molar-refractivity contribution in [2.75, 3.05) is 0 Å². The van der Waals surface area contributed by atoms with Gasteiger partial charge in [-0.1, -0.05) is 20.3 Å². The molecule has 0 aromatic carbocycles. The van der Waals surface area contributed by atoms with Crippen LogP contribution in [0.25, 0.3) is 0 Å². The van der Waals surface area contributed by atoms with Crippen LogP contribution in [-0.4, -0.2) is 21.6 Å². The van der Waals surface area contributed by atoms with Gasteiger partial charge in [-0.3, -0.25) is 4.79 Å². The summed E-state index contributed by atoms with van der Waals surface area (Å²) in [6.45, 7) is 4.34. The molecule has 1 fully saturated rings. The Kier molecular flexibility index (Phi) is 4.10. The van der Waals surface area contributed by atoms with E-state index >= 15 is 0 Å². The summed E-state index contributed by atoms with van der Waals surface area (Å²) in [6, 6.07) is 0. The lowest BCUT2D eigenvalue weighted by Gasteiger charge is -2.18. The highest BCUT2D eigenvalue weighted by Crippen LogP contribution is 2.37. The predicted octanol–water partition coefficient (Wildman–Crippen LogP) is 2.77. The molecule has 0 heterocycles. The first-order chi connectivity index (χ1) is 6.15. The van der Waals surface area contributed by atoms with Gasteiger partial charge in [-0.15, -0.1) is 0 Å². The zero-order valence-corrected chi connectivity index (χ0v) is 9.14. The number of carboxylic acids is 1. The largest absolute Gasteiger partial charge is 0.481 e. The summed E-state index contributed by atoms with van der Waals surface area (Å²) in [5.74, 6) is -0.683. The molecular formula is C10H18O2S. The van der Waals surface area contributed by atoms with E-state index in [9.17, 15) is 4.79 Å². The maximum absolute atomic E-state index is 10.9. The first-order valence-corrected chi connectivity index (χ1v) is 5.97. The van der Waals surface area contributed by atoms with Crippen molar-refractivity contribution in [2.45, 2.75) is 50.0 Å². The van der Waals surface area contributed by atoms with Crippen molar-refractivity contribution in [1.82, 2.24) is 0 Å². The van der Waals surface area contributed by atoms with Crippen molar-refractivity contribution in [1.29, 1.82) is 0 Å². The van der Waals surface area contributed by atoms with Crippen LogP contribution in [0.3, 0.4) is 0 Å². The highest BCUT2D eigenvalue weighted by molar-refractivity contribution is 8.00. The average molecular weight is 202 g/mol. The van der Waals surface area contributed by atoms with Crippen molar-refractivity contribution in [3.63, 3.8) is 0 Å². The molecule has 76 valence electrons. The lowest BCUT2D eigenvalue weighted by molar-refractivity contribution is -0.141. The second-order valence-electron chi connectivity index (χ2n) is 3.77.